The smallest absolute Gasteiger partial charge is 0.137 e. The molecule has 1 atom stereocenters. The predicted octanol–water partition coefficient (Wildman–Crippen LogP) is 2.85. The Balaban J connectivity index is 2.31. The highest BCUT2D eigenvalue weighted by Crippen LogP contribution is 2.29. The van der Waals surface area contributed by atoms with Gasteiger partial charge in [0.2, 0.25) is 0 Å². The highest BCUT2D eigenvalue weighted by Gasteiger charge is 2.13. The summed E-state index contributed by atoms with van der Waals surface area (Å²) in [6, 6.07) is 5.29. The van der Waals surface area contributed by atoms with Crippen molar-refractivity contribution in [3.05, 3.63) is 45.4 Å². The zero-order chi connectivity index (χ0) is 11.5. The molecular formula is C11H11ClN2OS. The van der Waals surface area contributed by atoms with Gasteiger partial charge in [-0.3, -0.25) is 0 Å². The van der Waals surface area contributed by atoms with Gasteiger partial charge in [-0.05, 0) is 17.7 Å². The first-order valence-corrected chi connectivity index (χ1v) is 5.96. The molecule has 84 valence electrons. The van der Waals surface area contributed by atoms with Gasteiger partial charge in [-0.2, -0.15) is 0 Å². The van der Waals surface area contributed by atoms with Crippen LogP contribution in [-0.2, 0) is 0 Å². The average Bonchev–Trinajstić information content (AvgIpc) is 2.81. The normalized spacial score (nSPS) is 12.4. The van der Waals surface area contributed by atoms with Crippen LogP contribution in [0.4, 0.5) is 0 Å². The zero-order valence-electron chi connectivity index (χ0n) is 8.68. The molecule has 0 aliphatic rings. The minimum absolute atomic E-state index is 0.233. The SMILES string of the molecule is COc1ccc(C(N)c2nccs2)cc1Cl. The lowest BCUT2D eigenvalue weighted by Crippen LogP contribution is -2.11. The number of ether oxygens (including phenoxy) is 1. The third-order valence-corrected chi connectivity index (χ3v) is 3.41. The third kappa shape index (κ3) is 2.19. The van der Waals surface area contributed by atoms with Gasteiger partial charge in [0.25, 0.3) is 0 Å². The van der Waals surface area contributed by atoms with Gasteiger partial charge in [0.05, 0.1) is 18.2 Å². The monoisotopic (exact) mass is 254 g/mol. The van der Waals surface area contributed by atoms with Gasteiger partial charge in [-0.1, -0.05) is 17.7 Å². The average molecular weight is 255 g/mol. The topological polar surface area (TPSA) is 48.1 Å². The fourth-order valence-corrected chi connectivity index (χ4v) is 2.34. The van der Waals surface area contributed by atoms with Gasteiger partial charge >= 0.3 is 0 Å². The van der Waals surface area contributed by atoms with E-state index < -0.39 is 0 Å². The van der Waals surface area contributed by atoms with Gasteiger partial charge in [0.15, 0.2) is 0 Å². The highest BCUT2D eigenvalue weighted by molar-refractivity contribution is 7.09. The standard InChI is InChI=1S/C11H11ClN2OS/c1-15-9-3-2-7(6-8(9)12)10(13)11-14-4-5-16-11/h2-6,10H,13H2,1H3. The largest absolute Gasteiger partial charge is 0.495 e. The van der Waals surface area contributed by atoms with Crippen molar-refractivity contribution in [2.45, 2.75) is 6.04 Å². The molecule has 0 saturated heterocycles. The minimum Gasteiger partial charge on any atom is -0.495 e. The molecule has 0 spiro atoms. The molecule has 1 aromatic heterocycles. The molecule has 0 radical (unpaired) electrons. The molecule has 2 aromatic rings. The number of thiazole rings is 1. The lowest BCUT2D eigenvalue weighted by molar-refractivity contribution is 0.415. The molecule has 0 amide bonds. The molecule has 2 rings (SSSR count). The van der Waals surface area contributed by atoms with Crippen LogP contribution in [0.15, 0.2) is 29.8 Å². The Morgan fingerprint density at radius 2 is 2.31 bits per heavy atom. The molecule has 5 heteroatoms. The van der Waals surface area contributed by atoms with Crippen LogP contribution in [0.1, 0.15) is 16.6 Å². The number of aromatic nitrogens is 1. The summed E-state index contributed by atoms with van der Waals surface area (Å²) in [7, 11) is 1.58. The Kier molecular flexibility index (Phi) is 3.43. The van der Waals surface area contributed by atoms with Gasteiger partial charge in [0, 0.05) is 11.6 Å². The lowest BCUT2D eigenvalue weighted by Gasteiger charge is -2.10. The number of rotatable bonds is 3. The first kappa shape index (κ1) is 11.4. The Bertz CT molecular complexity index is 473. The molecule has 3 nitrogen and oxygen atoms in total. The van der Waals surface area contributed by atoms with Crippen molar-refractivity contribution >= 4 is 22.9 Å². The number of benzene rings is 1. The Morgan fingerprint density at radius 3 is 2.88 bits per heavy atom. The van der Waals surface area contributed by atoms with E-state index in [1.807, 2.05) is 23.6 Å². The number of methoxy groups -OCH3 is 1. The Morgan fingerprint density at radius 1 is 1.50 bits per heavy atom. The van der Waals surface area contributed by atoms with Crippen LogP contribution in [0.3, 0.4) is 0 Å². The molecule has 0 aliphatic carbocycles. The molecule has 0 aliphatic heterocycles. The number of nitrogens with two attached hydrogens (primary N) is 1. The van der Waals surface area contributed by atoms with E-state index in [1.165, 1.54) is 11.3 Å². The maximum Gasteiger partial charge on any atom is 0.137 e. The van der Waals surface area contributed by atoms with E-state index in [4.69, 9.17) is 22.1 Å². The molecule has 0 fully saturated rings. The zero-order valence-corrected chi connectivity index (χ0v) is 10.3. The Hall–Kier alpha value is -1.10. The second-order valence-electron chi connectivity index (χ2n) is 3.24. The summed E-state index contributed by atoms with van der Waals surface area (Å²) in [6.45, 7) is 0. The van der Waals surface area contributed by atoms with Crippen molar-refractivity contribution in [2.24, 2.45) is 5.73 Å². The predicted molar refractivity (Wildman–Crippen MR) is 66.1 cm³/mol. The molecule has 1 aromatic carbocycles. The van der Waals surface area contributed by atoms with E-state index in [9.17, 15) is 0 Å². The van der Waals surface area contributed by atoms with Crippen molar-refractivity contribution in [1.82, 2.24) is 4.98 Å². The van der Waals surface area contributed by atoms with Gasteiger partial charge < -0.3 is 10.5 Å². The Labute approximate surface area is 103 Å². The van der Waals surface area contributed by atoms with E-state index in [2.05, 4.69) is 4.98 Å². The van der Waals surface area contributed by atoms with Crippen LogP contribution in [-0.4, -0.2) is 12.1 Å². The number of hydrogen-bond acceptors (Lipinski definition) is 4. The van der Waals surface area contributed by atoms with Gasteiger partial charge in [-0.25, -0.2) is 4.98 Å². The summed E-state index contributed by atoms with van der Waals surface area (Å²) in [4.78, 5) is 4.18. The summed E-state index contributed by atoms with van der Waals surface area (Å²) in [6.07, 6.45) is 1.74. The summed E-state index contributed by atoms with van der Waals surface area (Å²) in [5.74, 6) is 0.650. The van der Waals surface area contributed by atoms with E-state index in [-0.39, 0.29) is 6.04 Å². The highest BCUT2D eigenvalue weighted by atomic mass is 35.5. The van der Waals surface area contributed by atoms with Crippen molar-refractivity contribution in [2.75, 3.05) is 7.11 Å². The van der Waals surface area contributed by atoms with E-state index in [1.54, 1.807) is 13.3 Å². The fraction of sp³-hybridized carbons (Fsp3) is 0.182. The summed E-state index contributed by atoms with van der Waals surface area (Å²) < 4.78 is 5.08. The van der Waals surface area contributed by atoms with Crippen molar-refractivity contribution in [3.8, 4) is 5.75 Å². The first-order valence-electron chi connectivity index (χ1n) is 4.71. The fourth-order valence-electron chi connectivity index (χ4n) is 1.41. The second kappa shape index (κ2) is 4.82. The maximum absolute atomic E-state index is 6.07. The van der Waals surface area contributed by atoms with Crippen LogP contribution in [0.25, 0.3) is 0 Å². The van der Waals surface area contributed by atoms with Crippen LogP contribution in [0.5, 0.6) is 5.75 Å². The lowest BCUT2D eigenvalue weighted by atomic mass is 10.1. The molecule has 1 heterocycles. The first-order chi connectivity index (χ1) is 7.72. The quantitative estimate of drug-likeness (QED) is 0.916. The summed E-state index contributed by atoms with van der Waals surface area (Å²) in [5.41, 5.74) is 7.00. The molecular weight excluding hydrogens is 244 g/mol. The molecule has 0 saturated carbocycles. The summed E-state index contributed by atoms with van der Waals surface area (Å²) in [5, 5.41) is 3.34. The van der Waals surface area contributed by atoms with Gasteiger partial charge in [0.1, 0.15) is 10.8 Å². The van der Waals surface area contributed by atoms with Crippen LogP contribution < -0.4 is 10.5 Å². The van der Waals surface area contributed by atoms with Crippen molar-refractivity contribution < 1.29 is 4.74 Å². The van der Waals surface area contributed by atoms with Crippen LogP contribution in [0, 0.1) is 0 Å². The summed E-state index contributed by atoms with van der Waals surface area (Å²) >= 11 is 7.57. The van der Waals surface area contributed by atoms with Crippen molar-refractivity contribution in [1.29, 1.82) is 0 Å². The molecule has 1 unspecified atom stereocenters. The van der Waals surface area contributed by atoms with E-state index >= 15 is 0 Å². The van der Waals surface area contributed by atoms with Gasteiger partial charge in [-0.15, -0.1) is 11.3 Å². The van der Waals surface area contributed by atoms with Crippen LogP contribution >= 0.6 is 22.9 Å². The number of halogens is 1. The third-order valence-electron chi connectivity index (χ3n) is 2.25. The molecule has 16 heavy (non-hydrogen) atoms. The second-order valence-corrected chi connectivity index (χ2v) is 4.58. The minimum atomic E-state index is -0.233. The number of nitrogens with zero attached hydrogens (tertiary/aromatic N) is 1. The van der Waals surface area contributed by atoms with Crippen LogP contribution in [0.2, 0.25) is 5.02 Å². The van der Waals surface area contributed by atoms with E-state index in [0.29, 0.717) is 10.8 Å². The van der Waals surface area contributed by atoms with Crippen molar-refractivity contribution in [3.63, 3.8) is 0 Å². The number of hydrogen-bond donors (Lipinski definition) is 1. The maximum atomic E-state index is 6.07. The molecule has 0 bridgehead atoms. The molecule has 2 N–H and O–H groups in total. The van der Waals surface area contributed by atoms with E-state index in [0.717, 1.165) is 10.6 Å².